The Morgan fingerprint density at radius 3 is 2.73 bits per heavy atom. The Morgan fingerprint density at radius 1 is 1.47 bits per heavy atom. The first-order valence-corrected chi connectivity index (χ1v) is 6.07. The van der Waals surface area contributed by atoms with Crippen molar-refractivity contribution in [1.82, 2.24) is 5.32 Å². The lowest BCUT2D eigenvalue weighted by atomic mass is 9.64. The van der Waals surface area contributed by atoms with Crippen molar-refractivity contribution in [1.29, 1.82) is 0 Å². The van der Waals surface area contributed by atoms with Crippen LogP contribution in [0.1, 0.15) is 24.8 Å². The molecule has 15 heavy (non-hydrogen) atoms. The Labute approximate surface area is 98.2 Å². The van der Waals surface area contributed by atoms with E-state index in [2.05, 4.69) is 21.2 Å². The Bertz CT molecular complexity index is 361. The number of nitrogens with one attached hydrogen (secondary N) is 1. The molecule has 1 fully saturated rings. The second kappa shape index (κ2) is 4.22. The molecule has 0 heterocycles. The van der Waals surface area contributed by atoms with E-state index < -0.39 is 0 Å². The first-order chi connectivity index (χ1) is 7.18. The van der Waals surface area contributed by atoms with Crippen molar-refractivity contribution in [3.8, 4) is 0 Å². The molecule has 0 aromatic heterocycles. The van der Waals surface area contributed by atoms with Gasteiger partial charge < -0.3 is 5.32 Å². The van der Waals surface area contributed by atoms with Crippen LogP contribution >= 0.6 is 15.9 Å². The quantitative estimate of drug-likeness (QED) is 0.890. The molecule has 0 aliphatic heterocycles. The molecule has 1 saturated carbocycles. The molecule has 0 saturated heterocycles. The first kappa shape index (κ1) is 11.1. The molecule has 1 N–H and O–H groups in total. The van der Waals surface area contributed by atoms with Gasteiger partial charge in [-0.2, -0.15) is 0 Å². The molecular weight excluding hydrogens is 257 g/mol. The maximum Gasteiger partial charge on any atom is 0.127 e. The molecule has 1 aliphatic rings. The van der Waals surface area contributed by atoms with Gasteiger partial charge in [0.05, 0.1) is 0 Å². The van der Waals surface area contributed by atoms with Crippen molar-refractivity contribution in [2.75, 3.05) is 13.6 Å². The van der Waals surface area contributed by atoms with Crippen LogP contribution in [-0.4, -0.2) is 13.6 Å². The highest BCUT2D eigenvalue weighted by Gasteiger charge is 2.39. The van der Waals surface area contributed by atoms with Gasteiger partial charge >= 0.3 is 0 Å². The summed E-state index contributed by atoms with van der Waals surface area (Å²) < 4.78 is 14.7. The monoisotopic (exact) mass is 271 g/mol. The molecule has 1 aromatic rings. The van der Waals surface area contributed by atoms with Crippen molar-refractivity contribution in [2.24, 2.45) is 0 Å². The molecule has 0 atom stereocenters. The highest BCUT2D eigenvalue weighted by molar-refractivity contribution is 9.10. The minimum atomic E-state index is -0.0758. The summed E-state index contributed by atoms with van der Waals surface area (Å²) in [6.45, 7) is 0.861. The summed E-state index contributed by atoms with van der Waals surface area (Å²) >= 11 is 3.41. The fourth-order valence-electron chi connectivity index (χ4n) is 2.39. The van der Waals surface area contributed by atoms with Gasteiger partial charge in [-0.15, -0.1) is 0 Å². The molecule has 0 bridgehead atoms. The van der Waals surface area contributed by atoms with Gasteiger partial charge in [0.2, 0.25) is 0 Å². The number of likely N-dealkylation sites (N-methyl/N-ethyl adjacent to an activating group) is 1. The molecule has 2 rings (SSSR count). The fourth-order valence-corrected chi connectivity index (χ4v) is 2.75. The van der Waals surface area contributed by atoms with Crippen LogP contribution in [-0.2, 0) is 5.41 Å². The predicted molar refractivity (Wildman–Crippen MR) is 63.6 cm³/mol. The van der Waals surface area contributed by atoms with Crippen LogP contribution in [0.2, 0.25) is 0 Å². The zero-order valence-electron chi connectivity index (χ0n) is 8.82. The summed E-state index contributed by atoms with van der Waals surface area (Å²) in [6, 6.07) is 5.23. The minimum Gasteiger partial charge on any atom is -0.319 e. The van der Waals surface area contributed by atoms with Crippen molar-refractivity contribution in [3.05, 3.63) is 34.1 Å². The van der Waals surface area contributed by atoms with Crippen LogP contribution < -0.4 is 5.32 Å². The van der Waals surface area contributed by atoms with E-state index in [1.165, 1.54) is 6.42 Å². The number of halogens is 2. The molecule has 0 unspecified atom stereocenters. The van der Waals surface area contributed by atoms with Gasteiger partial charge in [-0.1, -0.05) is 22.4 Å². The fraction of sp³-hybridized carbons (Fsp3) is 0.500. The average Bonchev–Trinajstić information content (AvgIpc) is 2.16. The highest BCUT2D eigenvalue weighted by atomic mass is 79.9. The molecular formula is C12H15BrFN. The summed E-state index contributed by atoms with van der Waals surface area (Å²) in [6.07, 6.45) is 3.37. The van der Waals surface area contributed by atoms with E-state index in [0.717, 1.165) is 29.4 Å². The van der Waals surface area contributed by atoms with Gasteiger partial charge in [-0.05, 0) is 43.7 Å². The number of benzene rings is 1. The summed E-state index contributed by atoms with van der Waals surface area (Å²) in [5.41, 5.74) is 0.889. The second-order valence-corrected chi connectivity index (χ2v) is 5.20. The van der Waals surface area contributed by atoms with E-state index in [1.807, 2.05) is 13.1 Å². The lowest BCUT2D eigenvalue weighted by Gasteiger charge is -2.42. The minimum absolute atomic E-state index is 0.0304. The Kier molecular flexibility index (Phi) is 3.12. The van der Waals surface area contributed by atoms with Gasteiger partial charge in [0.25, 0.3) is 0 Å². The van der Waals surface area contributed by atoms with Crippen molar-refractivity contribution in [2.45, 2.75) is 24.7 Å². The Hall–Kier alpha value is -0.410. The molecule has 1 aromatic carbocycles. The van der Waals surface area contributed by atoms with Crippen LogP contribution in [0, 0.1) is 5.82 Å². The van der Waals surface area contributed by atoms with Gasteiger partial charge in [0.1, 0.15) is 5.82 Å². The maximum atomic E-state index is 13.8. The smallest absolute Gasteiger partial charge is 0.127 e. The van der Waals surface area contributed by atoms with E-state index in [1.54, 1.807) is 12.1 Å². The van der Waals surface area contributed by atoms with Crippen molar-refractivity contribution < 1.29 is 4.39 Å². The molecule has 82 valence electrons. The van der Waals surface area contributed by atoms with E-state index in [0.29, 0.717) is 0 Å². The average molecular weight is 272 g/mol. The van der Waals surface area contributed by atoms with Crippen LogP contribution in [0.15, 0.2) is 22.7 Å². The SMILES string of the molecule is CNCC1(c2cc(Br)ccc2F)CCC1. The molecule has 1 aliphatic carbocycles. The van der Waals surface area contributed by atoms with Gasteiger partial charge in [-0.25, -0.2) is 4.39 Å². The van der Waals surface area contributed by atoms with Crippen LogP contribution in [0.5, 0.6) is 0 Å². The third-order valence-electron chi connectivity index (χ3n) is 3.33. The van der Waals surface area contributed by atoms with E-state index in [-0.39, 0.29) is 11.2 Å². The highest BCUT2D eigenvalue weighted by Crippen LogP contribution is 2.44. The molecule has 1 nitrogen and oxygen atoms in total. The van der Waals surface area contributed by atoms with E-state index in [9.17, 15) is 4.39 Å². The maximum absolute atomic E-state index is 13.8. The third-order valence-corrected chi connectivity index (χ3v) is 3.82. The lowest BCUT2D eigenvalue weighted by molar-refractivity contribution is 0.231. The Balaban J connectivity index is 2.37. The largest absolute Gasteiger partial charge is 0.319 e. The summed E-state index contributed by atoms with van der Waals surface area (Å²) in [5.74, 6) is -0.0758. The summed E-state index contributed by atoms with van der Waals surface area (Å²) in [5, 5.41) is 3.17. The normalized spacial score (nSPS) is 18.6. The topological polar surface area (TPSA) is 12.0 Å². The van der Waals surface area contributed by atoms with Crippen LogP contribution in [0.4, 0.5) is 4.39 Å². The van der Waals surface area contributed by atoms with Crippen molar-refractivity contribution >= 4 is 15.9 Å². The van der Waals surface area contributed by atoms with Crippen LogP contribution in [0.3, 0.4) is 0 Å². The number of hydrogen-bond donors (Lipinski definition) is 1. The van der Waals surface area contributed by atoms with Gasteiger partial charge in [-0.3, -0.25) is 0 Å². The lowest BCUT2D eigenvalue weighted by Crippen LogP contribution is -2.43. The van der Waals surface area contributed by atoms with E-state index >= 15 is 0 Å². The standard InChI is InChI=1S/C12H15BrFN/c1-15-8-12(5-2-6-12)10-7-9(13)3-4-11(10)14/h3-4,7,15H,2,5-6,8H2,1H3. The third kappa shape index (κ3) is 1.95. The zero-order valence-corrected chi connectivity index (χ0v) is 10.4. The predicted octanol–water partition coefficient (Wildman–Crippen LogP) is 3.23. The Morgan fingerprint density at radius 2 is 2.20 bits per heavy atom. The summed E-state index contributed by atoms with van der Waals surface area (Å²) in [4.78, 5) is 0. The van der Waals surface area contributed by atoms with Gasteiger partial charge in [0, 0.05) is 16.4 Å². The summed E-state index contributed by atoms with van der Waals surface area (Å²) in [7, 11) is 1.93. The number of hydrogen-bond acceptors (Lipinski definition) is 1. The molecule has 0 spiro atoms. The first-order valence-electron chi connectivity index (χ1n) is 5.28. The van der Waals surface area contributed by atoms with Gasteiger partial charge in [0.15, 0.2) is 0 Å². The van der Waals surface area contributed by atoms with Crippen molar-refractivity contribution in [3.63, 3.8) is 0 Å². The number of rotatable bonds is 3. The molecule has 3 heteroatoms. The molecule has 0 amide bonds. The van der Waals surface area contributed by atoms with Crippen LogP contribution in [0.25, 0.3) is 0 Å². The zero-order chi connectivity index (χ0) is 10.9. The van der Waals surface area contributed by atoms with E-state index in [4.69, 9.17) is 0 Å². The molecule has 0 radical (unpaired) electrons. The second-order valence-electron chi connectivity index (χ2n) is 4.29.